The highest BCUT2D eigenvalue weighted by atomic mass is 79.9. The summed E-state index contributed by atoms with van der Waals surface area (Å²) >= 11 is 1.22. The van der Waals surface area contributed by atoms with Gasteiger partial charge in [0.2, 0.25) is 5.95 Å². The third kappa shape index (κ3) is 4.14. The first-order chi connectivity index (χ1) is 13.1. The normalized spacial score (nSPS) is 18.9. The number of amides is 2. The Morgan fingerprint density at radius 1 is 1.11 bits per heavy atom. The van der Waals surface area contributed by atoms with E-state index in [0.717, 1.165) is 43.0 Å². The van der Waals surface area contributed by atoms with Crippen molar-refractivity contribution in [3.63, 3.8) is 0 Å². The molecule has 0 bridgehead atoms. The lowest BCUT2D eigenvalue weighted by molar-refractivity contribution is 0.225. The molecular weight excluding hydrogens is 468 g/mol. The SMILES string of the molecule is Br.O=C1Nc2sccc2S(=O)(=O)N1CCCN1CCN(c2ncccn2)CC1. The molecule has 4 rings (SSSR count). The Bertz CT molecular complexity index is 915. The summed E-state index contributed by atoms with van der Waals surface area (Å²) in [6, 6.07) is 2.76. The Morgan fingerprint density at radius 2 is 1.82 bits per heavy atom. The van der Waals surface area contributed by atoms with Crippen LogP contribution in [0.15, 0.2) is 34.8 Å². The Hall–Kier alpha value is -1.76. The molecular formula is C16H21BrN6O3S2. The molecule has 2 aliphatic heterocycles. The van der Waals surface area contributed by atoms with Gasteiger partial charge >= 0.3 is 6.03 Å². The number of urea groups is 1. The lowest BCUT2D eigenvalue weighted by Crippen LogP contribution is -2.48. The molecule has 9 nitrogen and oxygen atoms in total. The van der Waals surface area contributed by atoms with Crippen LogP contribution in [0.1, 0.15) is 6.42 Å². The molecule has 12 heteroatoms. The number of anilines is 2. The third-order valence-electron chi connectivity index (χ3n) is 4.69. The zero-order chi connectivity index (χ0) is 18.9. The van der Waals surface area contributed by atoms with Crippen LogP contribution in [-0.4, -0.2) is 72.9 Å². The highest BCUT2D eigenvalue weighted by Crippen LogP contribution is 2.34. The van der Waals surface area contributed by atoms with E-state index in [0.29, 0.717) is 11.4 Å². The van der Waals surface area contributed by atoms with Gasteiger partial charge in [0.15, 0.2) is 0 Å². The van der Waals surface area contributed by atoms with Gasteiger partial charge in [-0.3, -0.25) is 10.2 Å². The molecule has 0 radical (unpaired) electrons. The van der Waals surface area contributed by atoms with E-state index >= 15 is 0 Å². The van der Waals surface area contributed by atoms with Crippen LogP contribution >= 0.6 is 28.3 Å². The molecule has 1 N–H and O–H groups in total. The molecule has 1 fully saturated rings. The quantitative estimate of drug-likeness (QED) is 0.685. The summed E-state index contributed by atoms with van der Waals surface area (Å²) < 4.78 is 26.1. The van der Waals surface area contributed by atoms with Crippen molar-refractivity contribution in [2.24, 2.45) is 0 Å². The van der Waals surface area contributed by atoms with E-state index in [2.05, 4.69) is 25.1 Å². The molecule has 2 aromatic rings. The van der Waals surface area contributed by atoms with E-state index < -0.39 is 16.1 Å². The summed E-state index contributed by atoms with van der Waals surface area (Å²) in [6.45, 7) is 4.26. The molecule has 2 aliphatic rings. The second-order valence-corrected chi connectivity index (χ2v) is 9.10. The highest BCUT2D eigenvalue weighted by Gasteiger charge is 2.37. The molecule has 0 aromatic carbocycles. The van der Waals surface area contributed by atoms with Crippen LogP contribution in [0.3, 0.4) is 0 Å². The number of halogens is 1. The Labute approximate surface area is 178 Å². The molecule has 0 atom stereocenters. The maximum absolute atomic E-state index is 12.6. The largest absolute Gasteiger partial charge is 0.338 e. The van der Waals surface area contributed by atoms with Gasteiger partial charge in [0.25, 0.3) is 10.0 Å². The number of hydrogen-bond donors (Lipinski definition) is 1. The van der Waals surface area contributed by atoms with Gasteiger partial charge in [-0.05, 0) is 23.9 Å². The summed E-state index contributed by atoms with van der Waals surface area (Å²) in [4.78, 5) is 25.3. The molecule has 0 aliphatic carbocycles. The van der Waals surface area contributed by atoms with Crippen molar-refractivity contribution in [3.05, 3.63) is 29.9 Å². The monoisotopic (exact) mass is 488 g/mol. The van der Waals surface area contributed by atoms with Crippen molar-refractivity contribution < 1.29 is 13.2 Å². The lowest BCUT2D eigenvalue weighted by Gasteiger charge is -2.35. The number of thiophene rings is 1. The Morgan fingerprint density at radius 3 is 2.54 bits per heavy atom. The van der Waals surface area contributed by atoms with Gasteiger partial charge in [-0.25, -0.2) is 27.5 Å². The number of rotatable bonds is 5. The number of fused-ring (bicyclic) bond motifs is 1. The molecule has 0 spiro atoms. The van der Waals surface area contributed by atoms with Gasteiger partial charge in [-0.2, -0.15) is 0 Å². The molecule has 0 saturated carbocycles. The van der Waals surface area contributed by atoms with E-state index in [1.54, 1.807) is 23.8 Å². The second-order valence-electron chi connectivity index (χ2n) is 6.35. The Kier molecular flexibility index (Phi) is 6.53. The van der Waals surface area contributed by atoms with Crippen LogP contribution in [0, 0.1) is 0 Å². The number of nitrogens with zero attached hydrogens (tertiary/aromatic N) is 5. The summed E-state index contributed by atoms with van der Waals surface area (Å²) in [5, 5.41) is 4.72. The number of hydrogen-bond acceptors (Lipinski definition) is 8. The van der Waals surface area contributed by atoms with Crippen molar-refractivity contribution >= 4 is 55.3 Å². The minimum atomic E-state index is -3.75. The van der Waals surface area contributed by atoms with Crippen LogP contribution in [0.5, 0.6) is 0 Å². The zero-order valence-corrected chi connectivity index (χ0v) is 18.4. The first-order valence-corrected chi connectivity index (χ1v) is 11.0. The van der Waals surface area contributed by atoms with Crippen molar-refractivity contribution in [2.75, 3.05) is 49.5 Å². The van der Waals surface area contributed by atoms with Crippen molar-refractivity contribution in [1.82, 2.24) is 19.2 Å². The van der Waals surface area contributed by atoms with E-state index in [4.69, 9.17) is 0 Å². The summed E-state index contributed by atoms with van der Waals surface area (Å²) in [6.07, 6.45) is 4.06. The molecule has 0 unspecified atom stereocenters. The summed E-state index contributed by atoms with van der Waals surface area (Å²) in [5.74, 6) is 0.736. The third-order valence-corrected chi connectivity index (χ3v) is 7.47. The fourth-order valence-electron chi connectivity index (χ4n) is 3.26. The molecule has 4 heterocycles. The second kappa shape index (κ2) is 8.72. The predicted octanol–water partition coefficient (Wildman–Crippen LogP) is 1.86. The van der Waals surface area contributed by atoms with Gasteiger partial charge < -0.3 is 4.90 Å². The standard InChI is InChI=1S/C16H20N6O3S2.BrH/c23-16-19-14-13(3-12-26-14)27(24,25)22(16)7-2-6-20-8-10-21(11-9-20)15-17-4-1-5-18-15;/h1,3-5,12H,2,6-11H2,(H,19,23);1H. The minimum absolute atomic E-state index is 0. The van der Waals surface area contributed by atoms with Gasteiger partial charge in [-0.1, -0.05) is 0 Å². The maximum atomic E-state index is 12.6. The minimum Gasteiger partial charge on any atom is -0.338 e. The van der Waals surface area contributed by atoms with E-state index in [1.165, 1.54) is 17.4 Å². The summed E-state index contributed by atoms with van der Waals surface area (Å²) in [5.41, 5.74) is 0. The Balaban J connectivity index is 0.00000225. The molecule has 28 heavy (non-hydrogen) atoms. The zero-order valence-electron chi connectivity index (χ0n) is 15.0. The number of sulfonamides is 1. The topological polar surface area (TPSA) is 98.7 Å². The van der Waals surface area contributed by atoms with Gasteiger partial charge in [0, 0.05) is 51.7 Å². The first kappa shape index (κ1) is 21.0. The molecule has 2 amide bonds. The van der Waals surface area contributed by atoms with Crippen LogP contribution < -0.4 is 10.2 Å². The van der Waals surface area contributed by atoms with Gasteiger partial charge in [-0.15, -0.1) is 28.3 Å². The average Bonchev–Trinajstić information content (AvgIpc) is 3.15. The van der Waals surface area contributed by atoms with Crippen LogP contribution in [0.25, 0.3) is 0 Å². The fourth-order valence-corrected chi connectivity index (χ4v) is 5.88. The van der Waals surface area contributed by atoms with E-state index in [-0.39, 0.29) is 28.4 Å². The number of carbonyl (C=O) groups excluding carboxylic acids is 1. The predicted molar refractivity (Wildman–Crippen MR) is 113 cm³/mol. The van der Waals surface area contributed by atoms with Crippen molar-refractivity contribution in [3.8, 4) is 0 Å². The van der Waals surface area contributed by atoms with E-state index in [1.807, 2.05) is 0 Å². The van der Waals surface area contributed by atoms with Crippen LogP contribution in [0.4, 0.5) is 15.7 Å². The van der Waals surface area contributed by atoms with Crippen molar-refractivity contribution in [2.45, 2.75) is 11.3 Å². The maximum Gasteiger partial charge on any atom is 0.336 e. The number of piperazine rings is 1. The molecule has 1 saturated heterocycles. The fraction of sp³-hybridized carbons (Fsp3) is 0.438. The number of aromatic nitrogens is 2. The number of carbonyl (C=O) groups is 1. The first-order valence-electron chi connectivity index (χ1n) is 8.71. The number of nitrogens with one attached hydrogen (secondary N) is 1. The van der Waals surface area contributed by atoms with Crippen LogP contribution in [-0.2, 0) is 10.0 Å². The average molecular weight is 489 g/mol. The van der Waals surface area contributed by atoms with Crippen LogP contribution in [0.2, 0.25) is 0 Å². The van der Waals surface area contributed by atoms with Gasteiger partial charge in [0.1, 0.15) is 9.90 Å². The summed E-state index contributed by atoms with van der Waals surface area (Å²) in [7, 11) is -3.75. The van der Waals surface area contributed by atoms with E-state index in [9.17, 15) is 13.2 Å². The van der Waals surface area contributed by atoms with Gasteiger partial charge in [0.05, 0.1) is 0 Å². The smallest absolute Gasteiger partial charge is 0.336 e. The lowest BCUT2D eigenvalue weighted by atomic mass is 10.3. The van der Waals surface area contributed by atoms with Crippen molar-refractivity contribution in [1.29, 1.82) is 0 Å². The highest BCUT2D eigenvalue weighted by molar-refractivity contribution is 8.93. The molecule has 152 valence electrons. The molecule has 2 aromatic heterocycles.